The third-order valence-electron chi connectivity index (χ3n) is 3.09. The average Bonchev–Trinajstić information content (AvgIpc) is 2.44. The van der Waals surface area contributed by atoms with Crippen molar-refractivity contribution in [1.29, 1.82) is 0 Å². The second-order valence-electron chi connectivity index (χ2n) is 4.65. The van der Waals surface area contributed by atoms with E-state index >= 15 is 0 Å². The van der Waals surface area contributed by atoms with Gasteiger partial charge >= 0.3 is 0 Å². The van der Waals surface area contributed by atoms with Gasteiger partial charge in [-0.05, 0) is 65.7 Å². The number of hydrogen-bond donors (Lipinski definition) is 0. The molecule has 0 aromatic heterocycles. The van der Waals surface area contributed by atoms with Crippen LogP contribution in [0.4, 0.5) is 8.78 Å². The molecular weight excluding hydrogens is 342 g/mol. The highest BCUT2D eigenvalue weighted by Crippen LogP contribution is 2.25. The fraction of sp³-hybridized carbons (Fsp3) is 0.188. The van der Waals surface area contributed by atoms with Crippen molar-refractivity contribution in [1.82, 2.24) is 0 Å². The monoisotopic (exact) mass is 354 g/mol. The second kappa shape index (κ2) is 6.35. The third kappa shape index (κ3) is 3.47. The summed E-state index contributed by atoms with van der Waals surface area (Å²) in [5.74, 6) is -0.894. The van der Waals surface area contributed by atoms with Gasteiger partial charge in [-0.1, -0.05) is 0 Å². The molecule has 0 heterocycles. The molecule has 2 aromatic rings. The summed E-state index contributed by atoms with van der Waals surface area (Å²) in [6.07, 6.45) is 0. The lowest BCUT2D eigenvalue weighted by molar-refractivity contribution is 0.101. The van der Waals surface area contributed by atoms with Crippen LogP contribution in [0.15, 0.2) is 34.8 Å². The topological polar surface area (TPSA) is 26.3 Å². The molecule has 110 valence electrons. The highest BCUT2D eigenvalue weighted by atomic mass is 79.9. The first-order chi connectivity index (χ1) is 9.90. The SMILES string of the molecule is CC(=O)c1ccc(OCc2c(F)ccc(Br)c2F)c(C)c1. The minimum absolute atomic E-state index is 0.0475. The van der Waals surface area contributed by atoms with E-state index in [-0.39, 0.29) is 22.4 Å². The van der Waals surface area contributed by atoms with Crippen LogP contribution in [0.1, 0.15) is 28.4 Å². The summed E-state index contributed by atoms with van der Waals surface area (Å²) in [5.41, 5.74) is 1.16. The van der Waals surface area contributed by atoms with Crippen molar-refractivity contribution >= 4 is 21.7 Å². The zero-order chi connectivity index (χ0) is 15.6. The van der Waals surface area contributed by atoms with E-state index in [9.17, 15) is 13.6 Å². The summed E-state index contributed by atoms with van der Waals surface area (Å²) in [4.78, 5) is 11.3. The van der Waals surface area contributed by atoms with Crippen LogP contribution in [0.5, 0.6) is 5.75 Å². The van der Waals surface area contributed by atoms with Gasteiger partial charge in [0.2, 0.25) is 0 Å². The Bertz CT molecular complexity index is 699. The number of rotatable bonds is 4. The maximum atomic E-state index is 13.8. The molecule has 0 spiro atoms. The predicted molar refractivity (Wildman–Crippen MR) is 79.6 cm³/mol. The molecule has 0 amide bonds. The van der Waals surface area contributed by atoms with Gasteiger partial charge in [0.05, 0.1) is 10.0 Å². The minimum Gasteiger partial charge on any atom is -0.488 e. The summed E-state index contributed by atoms with van der Waals surface area (Å²) in [6.45, 7) is 3.02. The van der Waals surface area contributed by atoms with E-state index in [4.69, 9.17) is 4.74 Å². The Morgan fingerprint density at radius 2 is 1.95 bits per heavy atom. The zero-order valence-corrected chi connectivity index (χ0v) is 13.1. The van der Waals surface area contributed by atoms with Gasteiger partial charge in [0.1, 0.15) is 24.0 Å². The van der Waals surface area contributed by atoms with Crippen molar-refractivity contribution in [3.63, 3.8) is 0 Å². The molecule has 21 heavy (non-hydrogen) atoms. The van der Waals surface area contributed by atoms with Crippen LogP contribution in [-0.2, 0) is 6.61 Å². The molecule has 5 heteroatoms. The van der Waals surface area contributed by atoms with Gasteiger partial charge in [-0.25, -0.2) is 8.78 Å². The second-order valence-corrected chi connectivity index (χ2v) is 5.50. The number of carbonyl (C=O) groups excluding carboxylic acids is 1. The largest absolute Gasteiger partial charge is 0.488 e. The highest BCUT2D eigenvalue weighted by molar-refractivity contribution is 9.10. The zero-order valence-electron chi connectivity index (χ0n) is 11.5. The Kier molecular flexibility index (Phi) is 4.73. The summed E-state index contributed by atoms with van der Waals surface area (Å²) in [7, 11) is 0. The Labute approximate surface area is 129 Å². The van der Waals surface area contributed by atoms with E-state index in [0.29, 0.717) is 11.3 Å². The normalized spacial score (nSPS) is 10.5. The molecule has 2 rings (SSSR count). The molecule has 0 saturated heterocycles. The van der Waals surface area contributed by atoms with E-state index in [1.807, 2.05) is 0 Å². The van der Waals surface area contributed by atoms with Gasteiger partial charge in [0.15, 0.2) is 5.78 Å². The van der Waals surface area contributed by atoms with Gasteiger partial charge in [-0.15, -0.1) is 0 Å². The Hall–Kier alpha value is -1.75. The lowest BCUT2D eigenvalue weighted by Gasteiger charge is -2.11. The summed E-state index contributed by atoms with van der Waals surface area (Å²) in [6, 6.07) is 7.42. The van der Waals surface area contributed by atoms with Crippen LogP contribution in [-0.4, -0.2) is 5.78 Å². The summed E-state index contributed by atoms with van der Waals surface area (Å²) < 4.78 is 33.1. The van der Waals surface area contributed by atoms with Crippen molar-refractivity contribution in [2.75, 3.05) is 0 Å². The van der Waals surface area contributed by atoms with Gasteiger partial charge in [-0.3, -0.25) is 4.79 Å². The molecule has 0 radical (unpaired) electrons. The fourth-order valence-electron chi connectivity index (χ4n) is 1.88. The maximum absolute atomic E-state index is 13.8. The van der Waals surface area contributed by atoms with Crippen molar-refractivity contribution in [3.05, 3.63) is 63.1 Å². The summed E-state index contributed by atoms with van der Waals surface area (Å²) in [5, 5.41) is 0. The maximum Gasteiger partial charge on any atom is 0.159 e. The molecular formula is C16H13BrF2O2. The van der Waals surface area contributed by atoms with Crippen molar-refractivity contribution in [2.45, 2.75) is 20.5 Å². The molecule has 0 saturated carbocycles. The Morgan fingerprint density at radius 3 is 2.57 bits per heavy atom. The molecule has 0 bridgehead atoms. The minimum atomic E-state index is -0.673. The van der Waals surface area contributed by atoms with Gasteiger partial charge in [0.25, 0.3) is 0 Å². The van der Waals surface area contributed by atoms with Crippen LogP contribution < -0.4 is 4.74 Å². The number of aryl methyl sites for hydroxylation is 1. The van der Waals surface area contributed by atoms with E-state index in [1.165, 1.54) is 19.1 Å². The molecule has 0 N–H and O–H groups in total. The van der Waals surface area contributed by atoms with Gasteiger partial charge < -0.3 is 4.74 Å². The first kappa shape index (κ1) is 15.6. The molecule has 2 nitrogen and oxygen atoms in total. The van der Waals surface area contributed by atoms with Gasteiger partial charge in [0, 0.05) is 5.56 Å². The first-order valence-corrected chi connectivity index (χ1v) is 7.06. The van der Waals surface area contributed by atoms with Crippen LogP contribution in [0.3, 0.4) is 0 Å². The third-order valence-corrected chi connectivity index (χ3v) is 3.70. The number of halogens is 3. The van der Waals surface area contributed by atoms with Crippen LogP contribution in [0, 0.1) is 18.6 Å². The Morgan fingerprint density at radius 1 is 1.24 bits per heavy atom. The van der Waals surface area contributed by atoms with E-state index in [1.54, 1.807) is 25.1 Å². The van der Waals surface area contributed by atoms with E-state index in [0.717, 1.165) is 5.56 Å². The fourth-order valence-corrected chi connectivity index (χ4v) is 2.25. The van der Waals surface area contributed by atoms with Crippen molar-refractivity contribution < 1.29 is 18.3 Å². The van der Waals surface area contributed by atoms with Crippen LogP contribution >= 0.6 is 15.9 Å². The lowest BCUT2D eigenvalue weighted by Crippen LogP contribution is -2.04. The molecule has 0 unspecified atom stereocenters. The van der Waals surface area contributed by atoms with Crippen molar-refractivity contribution in [2.24, 2.45) is 0 Å². The molecule has 0 aliphatic heterocycles. The van der Waals surface area contributed by atoms with E-state index < -0.39 is 11.6 Å². The smallest absolute Gasteiger partial charge is 0.159 e. The number of Topliss-reactive ketones (excluding diaryl/α,β-unsaturated/α-hetero) is 1. The first-order valence-electron chi connectivity index (χ1n) is 6.27. The van der Waals surface area contributed by atoms with Crippen LogP contribution in [0.2, 0.25) is 0 Å². The number of carbonyl (C=O) groups is 1. The highest BCUT2D eigenvalue weighted by Gasteiger charge is 2.13. The number of benzene rings is 2. The molecule has 0 atom stereocenters. The molecule has 0 fully saturated rings. The predicted octanol–water partition coefficient (Wildman–Crippen LogP) is 4.82. The lowest BCUT2D eigenvalue weighted by atomic mass is 10.1. The quantitative estimate of drug-likeness (QED) is 0.581. The van der Waals surface area contributed by atoms with Crippen molar-refractivity contribution in [3.8, 4) is 5.75 Å². The Balaban J connectivity index is 2.21. The average molecular weight is 355 g/mol. The standard InChI is InChI=1S/C16H13BrF2O2/c1-9-7-11(10(2)20)3-6-15(9)21-8-12-14(18)5-4-13(17)16(12)19/h3-7H,8H2,1-2H3. The van der Waals surface area contributed by atoms with E-state index in [2.05, 4.69) is 15.9 Å². The number of hydrogen-bond acceptors (Lipinski definition) is 2. The number of ketones is 1. The summed E-state index contributed by atoms with van der Waals surface area (Å²) >= 11 is 3.01. The molecule has 0 aliphatic rings. The molecule has 0 aliphatic carbocycles. The van der Waals surface area contributed by atoms with Gasteiger partial charge in [-0.2, -0.15) is 0 Å². The molecule has 2 aromatic carbocycles. The number of ether oxygens (including phenoxy) is 1. The van der Waals surface area contributed by atoms with Crippen LogP contribution in [0.25, 0.3) is 0 Å².